The molecular weight excluding hydrogens is 160 g/mol. The highest BCUT2D eigenvalue weighted by Gasteiger charge is 2.36. The third-order valence-electron chi connectivity index (χ3n) is 3.49. The predicted octanol–water partition coefficient (Wildman–Crippen LogP) is 2.96. The lowest BCUT2D eigenvalue weighted by Gasteiger charge is -2.34. The van der Waals surface area contributed by atoms with Crippen LogP contribution in [0.4, 0.5) is 0 Å². The van der Waals surface area contributed by atoms with Gasteiger partial charge in [-0.3, -0.25) is 4.79 Å². The number of hydrogen-bond donors (Lipinski definition) is 0. The number of fused-ring (bicyclic) bond motifs is 2. The number of carbonyl (C=O) groups is 1. The smallest absolute Gasteiger partial charge is 0.143 e. The molecule has 0 amide bonds. The van der Waals surface area contributed by atoms with E-state index in [4.69, 9.17) is 0 Å². The van der Waals surface area contributed by atoms with E-state index in [0.717, 1.165) is 12.8 Å². The highest BCUT2D eigenvalue weighted by molar-refractivity contribution is 5.87. The quantitative estimate of drug-likeness (QED) is 0.594. The Hall–Kier alpha value is -0.590. The Morgan fingerprint density at radius 3 is 3.00 bits per heavy atom. The molecule has 0 saturated heterocycles. The molecule has 0 spiro atoms. The molecule has 0 aromatic rings. The summed E-state index contributed by atoms with van der Waals surface area (Å²) in [4.78, 5) is 11.8. The van der Waals surface area contributed by atoms with Crippen LogP contribution < -0.4 is 0 Å². The van der Waals surface area contributed by atoms with Crippen molar-refractivity contribution in [3.8, 4) is 0 Å². The van der Waals surface area contributed by atoms with Gasteiger partial charge in [0.15, 0.2) is 0 Å². The maximum Gasteiger partial charge on any atom is 0.143 e. The molecule has 1 fully saturated rings. The van der Waals surface area contributed by atoms with Crippen molar-refractivity contribution in [2.75, 3.05) is 0 Å². The summed E-state index contributed by atoms with van der Waals surface area (Å²) in [7, 11) is 0. The van der Waals surface area contributed by atoms with E-state index < -0.39 is 0 Å². The third kappa shape index (κ3) is 1.56. The standard InChI is InChI=1S/C12H18O/c1-2-4-9-7-8-10-5-3-6-11(9)12(10)13/h7-11H,2-6H2,1H3/t9-,10?,11?/m1/s1. The first-order valence-electron chi connectivity index (χ1n) is 5.55. The molecule has 1 heteroatoms. The van der Waals surface area contributed by atoms with Crippen LogP contribution in [0.25, 0.3) is 0 Å². The van der Waals surface area contributed by atoms with Crippen LogP contribution in [0.5, 0.6) is 0 Å². The van der Waals surface area contributed by atoms with Crippen molar-refractivity contribution >= 4 is 5.78 Å². The number of hydrogen-bond acceptors (Lipinski definition) is 1. The molecule has 0 aliphatic heterocycles. The van der Waals surface area contributed by atoms with Gasteiger partial charge in [0.25, 0.3) is 0 Å². The van der Waals surface area contributed by atoms with E-state index in [1.165, 1.54) is 19.3 Å². The normalized spacial score (nSPS) is 37.9. The lowest BCUT2D eigenvalue weighted by atomic mass is 9.69. The van der Waals surface area contributed by atoms with Gasteiger partial charge in [0.2, 0.25) is 0 Å². The SMILES string of the molecule is CCC[C@@H]1C=CC2CCCC1C2=O. The highest BCUT2D eigenvalue weighted by atomic mass is 16.1. The molecule has 0 heterocycles. The Bertz CT molecular complexity index is 229. The summed E-state index contributed by atoms with van der Waals surface area (Å²) in [5.74, 6) is 1.76. The molecule has 2 bridgehead atoms. The fourth-order valence-electron chi connectivity index (χ4n) is 2.78. The largest absolute Gasteiger partial charge is 0.299 e. The molecule has 2 rings (SSSR count). The minimum atomic E-state index is 0.284. The zero-order valence-electron chi connectivity index (χ0n) is 8.33. The molecular formula is C12H18O. The van der Waals surface area contributed by atoms with Crippen molar-refractivity contribution in [1.82, 2.24) is 0 Å². The topological polar surface area (TPSA) is 17.1 Å². The van der Waals surface area contributed by atoms with Crippen LogP contribution >= 0.6 is 0 Å². The fourth-order valence-corrected chi connectivity index (χ4v) is 2.78. The Labute approximate surface area is 80.2 Å². The minimum Gasteiger partial charge on any atom is -0.299 e. The molecule has 2 aliphatic rings. The minimum absolute atomic E-state index is 0.284. The van der Waals surface area contributed by atoms with Gasteiger partial charge in [0.1, 0.15) is 5.78 Å². The van der Waals surface area contributed by atoms with Gasteiger partial charge in [-0.2, -0.15) is 0 Å². The van der Waals surface area contributed by atoms with Crippen LogP contribution in [0.1, 0.15) is 39.0 Å². The summed E-state index contributed by atoms with van der Waals surface area (Å²) in [5.41, 5.74) is 0. The molecule has 72 valence electrons. The van der Waals surface area contributed by atoms with E-state index >= 15 is 0 Å². The maximum absolute atomic E-state index is 11.8. The fraction of sp³-hybridized carbons (Fsp3) is 0.750. The predicted molar refractivity (Wildman–Crippen MR) is 53.4 cm³/mol. The highest BCUT2D eigenvalue weighted by Crippen LogP contribution is 2.38. The molecule has 0 N–H and O–H groups in total. The van der Waals surface area contributed by atoms with Gasteiger partial charge in [-0.25, -0.2) is 0 Å². The van der Waals surface area contributed by atoms with Gasteiger partial charge >= 0.3 is 0 Å². The van der Waals surface area contributed by atoms with E-state index in [9.17, 15) is 4.79 Å². The van der Waals surface area contributed by atoms with E-state index in [1.807, 2.05) is 0 Å². The monoisotopic (exact) mass is 178 g/mol. The Morgan fingerprint density at radius 1 is 1.38 bits per heavy atom. The number of carbonyl (C=O) groups excluding carboxylic acids is 1. The van der Waals surface area contributed by atoms with Crippen LogP contribution in [-0.4, -0.2) is 5.78 Å². The second kappa shape index (κ2) is 3.65. The third-order valence-corrected chi connectivity index (χ3v) is 3.49. The van der Waals surface area contributed by atoms with Crippen molar-refractivity contribution in [2.24, 2.45) is 17.8 Å². The lowest BCUT2D eigenvalue weighted by molar-refractivity contribution is -0.129. The summed E-state index contributed by atoms with van der Waals surface area (Å²) < 4.78 is 0. The van der Waals surface area contributed by atoms with Crippen LogP contribution in [0.15, 0.2) is 12.2 Å². The molecule has 0 aromatic heterocycles. The Balaban J connectivity index is 2.15. The summed E-state index contributed by atoms with van der Waals surface area (Å²) in [5, 5.41) is 0. The van der Waals surface area contributed by atoms with E-state index in [-0.39, 0.29) is 5.92 Å². The molecule has 1 saturated carbocycles. The average Bonchev–Trinajstić information content (AvgIpc) is 2.10. The first kappa shape index (κ1) is 8.98. The second-order valence-corrected chi connectivity index (χ2v) is 4.38. The van der Waals surface area contributed by atoms with Crippen LogP contribution in [0.2, 0.25) is 0 Å². The van der Waals surface area contributed by atoms with E-state index in [1.54, 1.807) is 0 Å². The van der Waals surface area contributed by atoms with Crippen LogP contribution in [0.3, 0.4) is 0 Å². The van der Waals surface area contributed by atoms with Crippen molar-refractivity contribution in [3.05, 3.63) is 12.2 Å². The number of allylic oxidation sites excluding steroid dienone is 2. The van der Waals surface area contributed by atoms with Crippen molar-refractivity contribution in [2.45, 2.75) is 39.0 Å². The number of rotatable bonds is 2. The summed E-state index contributed by atoms with van der Waals surface area (Å²) in [6.07, 6.45) is 10.4. The number of Topliss-reactive ketones (excluding diaryl/α,β-unsaturated/α-hetero) is 1. The zero-order chi connectivity index (χ0) is 9.26. The molecule has 0 aromatic carbocycles. The molecule has 13 heavy (non-hydrogen) atoms. The van der Waals surface area contributed by atoms with Crippen molar-refractivity contribution < 1.29 is 4.79 Å². The molecule has 2 aliphatic carbocycles. The van der Waals surface area contributed by atoms with Crippen molar-refractivity contribution in [3.63, 3.8) is 0 Å². The Morgan fingerprint density at radius 2 is 2.23 bits per heavy atom. The second-order valence-electron chi connectivity index (χ2n) is 4.38. The molecule has 2 unspecified atom stereocenters. The van der Waals surface area contributed by atoms with Crippen LogP contribution in [-0.2, 0) is 4.79 Å². The lowest BCUT2D eigenvalue weighted by Crippen LogP contribution is -2.35. The molecule has 1 nitrogen and oxygen atoms in total. The van der Waals surface area contributed by atoms with Gasteiger partial charge in [-0.15, -0.1) is 0 Å². The Kier molecular flexibility index (Phi) is 2.52. The summed E-state index contributed by atoms with van der Waals surface area (Å²) in [6, 6.07) is 0. The van der Waals surface area contributed by atoms with E-state index in [2.05, 4.69) is 19.1 Å². The van der Waals surface area contributed by atoms with Crippen LogP contribution in [0, 0.1) is 17.8 Å². The summed E-state index contributed by atoms with van der Waals surface area (Å²) >= 11 is 0. The van der Waals surface area contributed by atoms with E-state index in [0.29, 0.717) is 17.6 Å². The van der Waals surface area contributed by atoms with Gasteiger partial charge in [-0.1, -0.05) is 31.9 Å². The maximum atomic E-state index is 11.8. The first-order chi connectivity index (χ1) is 6.33. The van der Waals surface area contributed by atoms with Gasteiger partial charge in [0.05, 0.1) is 0 Å². The zero-order valence-corrected chi connectivity index (χ0v) is 8.33. The van der Waals surface area contributed by atoms with Gasteiger partial charge < -0.3 is 0 Å². The van der Waals surface area contributed by atoms with Gasteiger partial charge in [-0.05, 0) is 25.2 Å². The first-order valence-corrected chi connectivity index (χ1v) is 5.55. The van der Waals surface area contributed by atoms with Gasteiger partial charge in [0, 0.05) is 11.8 Å². The average molecular weight is 178 g/mol. The summed E-state index contributed by atoms with van der Waals surface area (Å²) in [6.45, 7) is 2.20. The molecule has 3 atom stereocenters. The number of ketones is 1. The molecule has 0 radical (unpaired) electrons. The van der Waals surface area contributed by atoms with Crippen molar-refractivity contribution in [1.29, 1.82) is 0 Å².